The fraction of sp³-hybridized carbons (Fsp3) is 0.902. The number of rotatable bonds is 78. The minimum Gasteiger partial charge on any atom is -0.462 e. The first-order valence-electron chi connectivity index (χ1n) is 41.7. The van der Waals surface area contributed by atoms with Crippen LogP contribution in [0.5, 0.6) is 0 Å². The number of carbonyl (C=O) groups is 4. The molecule has 0 saturated carbocycles. The minimum absolute atomic E-state index is 0.0852. The Balaban J connectivity index is 5.25. The highest BCUT2D eigenvalue weighted by Crippen LogP contribution is 2.45. The van der Waals surface area contributed by atoms with E-state index in [1.165, 1.54) is 193 Å². The van der Waals surface area contributed by atoms with Crippen LogP contribution in [0.1, 0.15) is 402 Å². The van der Waals surface area contributed by atoms with E-state index in [0.717, 1.165) is 127 Å². The predicted molar refractivity (Wildman–Crippen MR) is 414 cm³/mol. The zero-order chi connectivity index (χ0) is 74.4. The number of hydrogen-bond acceptors (Lipinski definition) is 15. The fourth-order valence-electron chi connectivity index (χ4n) is 12.1. The van der Waals surface area contributed by atoms with Crippen molar-refractivity contribution in [1.82, 2.24) is 0 Å². The van der Waals surface area contributed by atoms with E-state index < -0.39 is 97.5 Å². The van der Waals surface area contributed by atoms with Gasteiger partial charge in [-0.25, -0.2) is 9.13 Å². The molecular formula is C82H156O17P2. The molecule has 0 rings (SSSR count). The van der Waals surface area contributed by atoms with Gasteiger partial charge in [0.15, 0.2) is 12.2 Å². The van der Waals surface area contributed by atoms with Crippen molar-refractivity contribution in [2.75, 3.05) is 39.6 Å². The predicted octanol–water partition coefficient (Wildman–Crippen LogP) is 24.1. The summed E-state index contributed by atoms with van der Waals surface area (Å²) in [6, 6.07) is 0. The monoisotopic (exact) mass is 1480 g/mol. The Morgan fingerprint density at radius 2 is 0.584 bits per heavy atom. The van der Waals surface area contributed by atoms with Crippen LogP contribution in [0.4, 0.5) is 0 Å². The third-order valence-electron chi connectivity index (χ3n) is 18.9. The van der Waals surface area contributed by atoms with Gasteiger partial charge in [-0.05, 0) is 69.1 Å². The molecule has 0 aromatic carbocycles. The fourth-order valence-corrected chi connectivity index (χ4v) is 13.7. The number of hydrogen-bond donors (Lipinski definition) is 3. The highest BCUT2D eigenvalue weighted by Gasteiger charge is 2.30. The van der Waals surface area contributed by atoms with Crippen molar-refractivity contribution in [3.8, 4) is 0 Å². The molecule has 0 bridgehead atoms. The van der Waals surface area contributed by atoms with Crippen molar-refractivity contribution in [3.05, 3.63) is 24.3 Å². The smallest absolute Gasteiger partial charge is 0.462 e. The lowest BCUT2D eigenvalue weighted by Crippen LogP contribution is -2.30. The molecule has 17 nitrogen and oxygen atoms in total. The zero-order valence-corrected chi connectivity index (χ0v) is 67.6. The van der Waals surface area contributed by atoms with Crippen LogP contribution in [0.25, 0.3) is 0 Å². The molecule has 0 spiro atoms. The Kier molecular flexibility index (Phi) is 70.0. The number of allylic oxidation sites excluding steroid dienone is 4. The molecule has 0 saturated heterocycles. The maximum Gasteiger partial charge on any atom is 0.472 e. The summed E-state index contributed by atoms with van der Waals surface area (Å²) in [5, 5.41) is 10.6. The summed E-state index contributed by atoms with van der Waals surface area (Å²) in [6.45, 7) is 11.9. The SMILES string of the molecule is CCCCCC/C=C\C=C/CCCCCCCC(=O)O[C@H](COC(=O)CCCCCCCCCCCCCCCCCCCCC(C)C)COP(=O)(O)OC[C@@H](O)COP(=O)(O)OC[C@@H](COC(=O)CCCCCCCCC(C)CC)OC(=O)CCCCCCCCCCCCCCC(C)C. The van der Waals surface area contributed by atoms with Crippen LogP contribution in [0.3, 0.4) is 0 Å². The molecular weight excluding hydrogens is 1320 g/mol. The third kappa shape index (κ3) is 74.2. The number of aliphatic hydroxyl groups is 1. The summed E-state index contributed by atoms with van der Waals surface area (Å²) < 4.78 is 68.7. The highest BCUT2D eigenvalue weighted by atomic mass is 31.2. The summed E-state index contributed by atoms with van der Waals surface area (Å²) in [5.41, 5.74) is 0. The van der Waals surface area contributed by atoms with Crippen LogP contribution in [0, 0.1) is 17.8 Å². The van der Waals surface area contributed by atoms with Crippen molar-refractivity contribution in [1.29, 1.82) is 0 Å². The van der Waals surface area contributed by atoms with Crippen molar-refractivity contribution in [2.24, 2.45) is 17.8 Å². The van der Waals surface area contributed by atoms with Gasteiger partial charge in [-0.3, -0.25) is 37.3 Å². The van der Waals surface area contributed by atoms with E-state index in [4.69, 9.17) is 37.0 Å². The van der Waals surface area contributed by atoms with Gasteiger partial charge in [-0.1, -0.05) is 349 Å². The van der Waals surface area contributed by atoms with Gasteiger partial charge in [-0.2, -0.15) is 0 Å². The molecule has 0 fully saturated rings. The van der Waals surface area contributed by atoms with E-state index in [9.17, 15) is 43.2 Å². The van der Waals surface area contributed by atoms with Gasteiger partial charge < -0.3 is 33.8 Å². The maximum absolute atomic E-state index is 13.1. The van der Waals surface area contributed by atoms with Crippen LogP contribution in [0.2, 0.25) is 0 Å². The summed E-state index contributed by atoms with van der Waals surface area (Å²) in [5.74, 6) is 0.184. The average Bonchev–Trinajstić information content (AvgIpc) is 0.916. The van der Waals surface area contributed by atoms with Crippen LogP contribution in [-0.2, 0) is 65.4 Å². The number of unbranched alkanes of at least 4 members (excludes halogenated alkanes) is 42. The van der Waals surface area contributed by atoms with E-state index in [2.05, 4.69) is 72.8 Å². The molecule has 3 N–H and O–H groups in total. The molecule has 6 atom stereocenters. The molecule has 0 aliphatic heterocycles. The Morgan fingerprint density at radius 1 is 0.327 bits per heavy atom. The summed E-state index contributed by atoms with van der Waals surface area (Å²) >= 11 is 0. The van der Waals surface area contributed by atoms with Crippen LogP contribution < -0.4 is 0 Å². The number of carbonyl (C=O) groups excluding carboxylic acids is 4. The lowest BCUT2D eigenvalue weighted by molar-refractivity contribution is -0.161. The Bertz CT molecular complexity index is 2050. The van der Waals surface area contributed by atoms with Crippen LogP contribution in [0.15, 0.2) is 24.3 Å². The van der Waals surface area contributed by atoms with Crippen molar-refractivity contribution in [3.63, 3.8) is 0 Å². The van der Waals surface area contributed by atoms with Crippen LogP contribution in [-0.4, -0.2) is 96.7 Å². The normalized spacial score (nSPS) is 14.4. The maximum atomic E-state index is 13.1. The summed E-state index contributed by atoms with van der Waals surface area (Å²) in [7, 11) is -9.93. The summed E-state index contributed by atoms with van der Waals surface area (Å²) in [6.07, 6.45) is 63.3. The second kappa shape index (κ2) is 71.8. The van der Waals surface area contributed by atoms with Gasteiger partial charge in [0.2, 0.25) is 0 Å². The molecule has 0 heterocycles. The lowest BCUT2D eigenvalue weighted by Gasteiger charge is -2.21. The van der Waals surface area contributed by atoms with Gasteiger partial charge >= 0.3 is 39.5 Å². The third-order valence-corrected chi connectivity index (χ3v) is 20.8. The largest absolute Gasteiger partial charge is 0.472 e. The summed E-state index contributed by atoms with van der Waals surface area (Å²) in [4.78, 5) is 73.0. The molecule has 0 aliphatic carbocycles. The number of esters is 4. The minimum atomic E-state index is -4.97. The van der Waals surface area contributed by atoms with Gasteiger partial charge in [-0.15, -0.1) is 0 Å². The molecule has 0 aromatic rings. The zero-order valence-electron chi connectivity index (χ0n) is 65.9. The molecule has 0 aliphatic rings. The quantitative estimate of drug-likeness (QED) is 0.0169. The Morgan fingerprint density at radius 3 is 0.881 bits per heavy atom. The molecule has 3 unspecified atom stereocenters. The molecule has 0 amide bonds. The standard InChI is InChI=1S/C82H156O17P2/c1-8-10-11-12-13-14-15-16-21-26-32-37-42-51-58-65-81(86)98-77(69-92-79(84)63-56-49-41-36-31-25-23-20-18-17-19-22-24-29-34-39-46-53-60-73(3)4)71-96-100(88,89)94-67-76(83)68-95-101(90,91)97-72-78(70-93-80(85)64-57-50-45-44-48-55-62-75(7)9-2)99-82(87)66-59-52-43-38-33-28-27-30-35-40-47-54-61-74(5)6/h14-16,21,73-78,83H,8-13,17-20,22-72H2,1-7H3,(H,88,89)(H,90,91)/b15-14-,21-16-/t75?,76-,77-,78-/m1/s1. The molecule has 0 aromatic heterocycles. The molecule has 596 valence electrons. The first kappa shape index (κ1) is 98.5. The molecule has 101 heavy (non-hydrogen) atoms. The highest BCUT2D eigenvalue weighted by molar-refractivity contribution is 7.47. The first-order valence-corrected chi connectivity index (χ1v) is 44.7. The van der Waals surface area contributed by atoms with Crippen molar-refractivity contribution in [2.45, 2.75) is 420 Å². The number of ether oxygens (including phenoxy) is 4. The van der Waals surface area contributed by atoms with Gasteiger partial charge in [0.05, 0.1) is 26.4 Å². The van der Waals surface area contributed by atoms with Crippen molar-refractivity contribution < 1.29 is 80.2 Å². The van der Waals surface area contributed by atoms with Crippen molar-refractivity contribution >= 4 is 39.5 Å². The lowest BCUT2D eigenvalue weighted by atomic mass is 10.00. The van der Waals surface area contributed by atoms with Gasteiger partial charge in [0.1, 0.15) is 19.3 Å². The van der Waals surface area contributed by atoms with E-state index in [0.29, 0.717) is 25.7 Å². The number of aliphatic hydroxyl groups excluding tert-OH is 1. The number of phosphoric acid groups is 2. The van der Waals surface area contributed by atoms with Crippen LogP contribution >= 0.6 is 15.6 Å². The van der Waals surface area contributed by atoms with Gasteiger partial charge in [0, 0.05) is 25.7 Å². The van der Waals surface area contributed by atoms with E-state index in [1.807, 2.05) is 0 Å². The van der Waals surface area contributed by atoms with E-state index in [-0.39, 0.29) is 25.7 Å². The second-order valence-electron chi connectivity index (χ2n) is 30.0. The Labute approximate surface area is 618 Å². The Hall–Kier alpha value is -2.46. The number of phosphoric ester groups is 2. The average molecular weight is 1480 g/mol. The van der Waals surface area contributed by atoms with E-state index in [1.54, 1.807) is 0 Å². The second-order valence-corrected chi connectivity index (χ2v) is 32.9. The van der Waals surface area contributed by atoms with E-state index >= 15 is 0 Å². The topological polar surface area (TPSA) is 237 Å². The molecule has 0 radical (unpaired) electrons. The van der Waals surface area contributed by atoms with Gasteiger partial charge in [0.25, 0.3) is 0 Å². The molecule has 19 heteroatoms. The first-order chi connectivity index (χ1) is 48.8.